The van der Waals surface area contributed by atoms with E-state index < -0.39 is 0 Å². The third-order valence-electron chi connectivity index (χ3n) is 11.2. The second-order valence-corrected chi connectivity index (χ2v) is 15.6. The van der Waals surface area contributed by atoms with Crippen molar-refractivity contribution in [3.8, 4) is 39.1 Å². The number of rotatable bonds is 7. The van der Waals surface area contributed by atoms with Gasteiger partial charge in [-0.15, -0.1) is 11.3 Å². The van der Waals surface area contributed by atoms with Gasteiger partial charge in [-0.1, -0.05) is 158 Å². The van der Waals surface area contributed by atoms with Crippen LogP contribution in [0.25, 0.3) is 81.0 Å². The molecular formula is C54H36N2S. The Bertz CT molecular complexity index is 3210. The summed E-state index contributed by atoms with van der Waals surface area (Å²) in [5.41, 5.74) is 14.1. The van der Waals surface area contributed by atoms with E-state index in [-0.39, 0.29) is 0 Å². The zero-order valence-electron chi connectivity index (χ0n) is 31.1. The predicted molar refractivity (Wildman–Crippen MR) is 245 cm³/mol. The van der Waals surface area contributed by atoms with Gasteiger partial charge in [-0.05, 0) is 88.5 Å². The minimum Gasteiger partial charge on any atom is -0.310 e. The second kappa shape index (κ2) is 13.8. The van der Waals surface area contributed by atoms with Crippen LogP contribution >= 0.6 is 11.3 Å². The molecule has 2 aromatic heterocycles. The first-order valence-corrected chi connectivity index (χ1v) is 20.2. The Balaban J connectivity index is 1.03. The van der Waals surface area contributed by atoms with E-state index in [0.29, 0.717) is 0 Å². The molecular weight excluding hydrogens is 709 g/mol. The molecule has 0 N–H and O–H groups in total. The van der Waals surface area contributed by atoms with E-state index in [1.807, 2.05) is 11.3 Å². The molecule has 0 saturated carbocycles. The van der Waals surface area contributed by atoms with Crippen LogP contribution in [0.1, 0.15) is 0 Å². The lowest BCUT2D eigenvalue weighted by Gasteiger charge is -2.26. The summed E-state index contributed by atoms with van der Waals surface area (Å²) < 4.78 is 5.04. The average molecular weight is 745 g/mol. The largest absolute Gasteiger partial charge is 0.310 e. The van der Waals surface area contributed by atoms with Crippen molar-refractivity contribution in [1.29, 1.82) is 0 Å². The number of anilines is 3. The number of hydrogen-bond acceptors (Lipinski definition) is 2. The molecule has 0 unspecified atom stereocenters. The summed E-state index contributed by atoms with van der Waals surface area (Å²) in [4.78, 5) is 2.38. The van der Waals surface area contributed by atoms with Crippen molar-refractivity contribution in [1.82, 2.24) is 4.57 Å². The lowest BCUT2D eigenvalue weighted by molar-refractivity contribution is 1.18. The number of thiophene rings is 1. The normalized spacial score (nSPS) is 11.5. The zero-order valence-corrected chi connectivity index (χ0v) is 31.9. The van der Waals surface area contributed by atoms with Gasteiger partial charge in [-0.3, -0.25) is 0 Å². The Hall–Kier alpha value is -7.20. The lowest BCUT2D eigenvalue weighted by Crippen LogP contribution is -2.09. The molecule has 11 aromatic rings. The minimum atomic E-state index is 1.11. The van der Waals surface area contributed by atoms with Crippen LogP contribution in [0.2, 0.25) is 0 Å². The molecule has 0 amide bonds. The van der Waals surface area contributed by atoms with Crippen molar-refractivity contribution >= 4 is 70.4 Å². The minimum absolute atomic E-state index is 1.11. The number of para-hydroxylation sites is 2. The van der Waals surface area contributed by atoms with E-state index in [1.54, 1.807) is 0 Å². The Morgan fingerprint density at radius 1 is 0.316 bits per heavy atom. The Morgan fingerprint density at radius 2 is 0.825 bits per heavy atom. The van der Waals surface area contributed by atoms with E-state index >= 15 is 0 Å². The molecule has 57 heavy (non-hydrogen) atoms. The highest BCUT2D eigenvalue weighted by Gasteiger charge is 2.18. The van der Waals surface area contributed by atoms with Gasteiger partial charge >= 0.3 is 0 Å². The standard InChI is InChI=1S/C54H36N2S/c1-3-13-37(14-4-1)39-23-28-42(29-24-39)55(44-32-34-49-48-19-9-12-22-53(48)57-54(49)36-44)43-30-25-40(26-31-43)45-17-7-10-20-50(45)56-51-21-11-8-18-46(51)47-33-27-41(35-52(47)56)38-15-5-2-6-16-38/h1-36H. The molecule has 0 aliphatic carbocycles. The van der Waals surface area contributed by atoms with Gasteiger partial charge in [0.25, 0.3) is 0 Å². The fraction of sp³-hybridized carbons (Fsp3) is 0. The molecule has 0 radical (unpaired) electrons. The van der Waals surface area contributed by atoms with Gasteiger partial charge in [0.15, 0.2) is 0 Å². The van der Waals surface area contributed by atoms with Gasteiger partial charge in [-0.25, -0.2) is 0 Å². The molecule has 2 heterocycles. The van der Waals surface area contributed by atoms with Gasteiger partial charge < -0.3 is 9.47 Å². The van der Waals surface area contributed by atoms with E-state index in [0.717, 1.165) is 22.7 Å². The first-order chi connectivity index (χ1) is 28.3. The van der Waals surface area contributed by atoms with Crippen LogP contribution in [0.4, 0.5) is 17.1 Å². The quantitative estimate of drug-likeness (QED) is 0.158. The number of aromatic nitrogens is 1. The van der Waals surface area contributed by atoms with Gasteiger partial charge in [0.05, 0.1) is 16.7 Å². The van der Waals surface area contributed by atoms with Crippen molar-refractivity contribution in [2.24, 2.45) is 0 Å². The van der Waals surface area contributed by atoms with Crippen molar-refractivity contribution in [3.63, 3.8) is 0 Å². The highest BCUT2D eigenvalue weighted by molar-refractivity contribution is 7.25. The van der Waals surface area contributed by atoms with Gasteiger partial charge in [-0.2, -0.15) is 0 Å². The number of fused-ring (bicyclic) bond motifs is 6. The monoisotopic (exact) mass is 744 g/mol. The lowest BCUT2D eigenvalue weighted by atomic mass is 10.0. The SMILES string of the molecule is c1ccc(-c2ccc(N(c3ccc(-c4ccccc4-n4c5ccccc5c5ccc(-c6ccccc6)cc54)cc3)c3ccc4c(c3)sc3ccccc34)cc2)cc1. The maximum atomic E-state index is 2.45. The highest BCUT2D eigenvalue weighted by atomic mass is 32.1. The van der Waals surface area contributed by atoms with Crippen LogP contribution in [0.5, 0.6) is 0 Å². The summed E-state index contributed by atoms with van der Waals surface area (Å²) in [5, 5.41) is 5.11. The molecule has 0 bridgehead atoms. The maximum absolute atomic E-state index is 2.45. The first-order valence-electron chi connectivity index (χ1n) is 19.4. The van der Waals surface area contributed by atoms with Gasteiger partial charge in [0.1, 0.15) is 0 Å². The average Bonchev–Trinajstić information content (AvgIpc) is 3.82. The van der Waals surface area contributed by atoms with Crippen LogP contribution in [0.3, 0.4) is 0 Å². The molecule has 0 spiro atoms. The Labute approximate surface area is 335 Å². The smallest absolute Gasteiger partial charge is 0.0547 e. The molecule has 2 nitrogen and oxygen atoms in total. The predicted octanol–water partition coefficient (Wildman–Crippen LogP) is 15.6. The van der Waals surface area contributed by atoms with Crippen molar-refractivity contribution < 1.29 is 0 Å². The summed E-state index contributed by atoms with van der Waals surface area (Å²) in [6, 6.07) is 79.4. The topological polar surface area (TPSA) is 8.17 Å². The van der Waals surface area contributed by atoms with Crippen molar-refractivity contribution in [2.45, 2.75) is 0 Å². The number of hydrogen-bond donors (Lipinski definition) is 0. The summed E-state index contributed by atoms with van der Waals surface area (Å²) in [6.07, 6.45) is 0. The summed E-state index contributed by atoms with van der Waals surface area (Å²) in [5.74, 6) is 0. The Morgan fingerprint density at radius 3 is 1.58 bits per heavy atom. The van der Waals surface area contributed by atoms with E-state index in [2.05, 4.69) is 228 Å². The van der Waals surface area contributed by atoms with Crippen LogP contribution in [0, 0.1) is 0 Å². The molecule has 0 saturated heterocycles. The van der Waals surface area contributed by atoms with E-state index in [9.17, 15) is 0 Å². The molecule has 11 rings (SSSR count). The fourth-order valence-electron chi connectivity index (χ4n) is 8.48. The fourth-order valence-corrected chi connectivity index (χ4v) is 9.62. The maximum Gasteiger partial charge on any atom is 0.0547 e. The summed E-state index contributed by atoms with van der Waals surface area (Å²) in [6.45, 7) is 0. The van der Waals surface area contributed by atoms with Crippen molar-refractivity contribution in [2.75, 3.05) is 4.90 Å². The van der Waals surface area contributed by atoms with Crippen molar-refractivity contribution in [3.05, 3.63) is 218 Å². The molecule has 3 heteroatoms. The molecule has 0 fully saturated rings. The molecule has 9 aromatic carbocycles. The van der Waals surface area contributed by atoms with Crippen LogP contribution in [-0.4, -0.2) is 4.57 Å². The first kappa shape index (κ1) is 33.2. The molecule has 0 aliphatic heterocycles. The van der Waals surface area contributed by atoms with Crippen LogP contribution in [-0.2, 0) is 0 Å². The molecule has 0 aliphatic rings. The number of nitrogens with zero attached hydrogens (tertiary/aromatic N) is 2. The highest BCUT2D eigenvalue weighted by Crippen LogP contribution is 2.43. The summed E-state index contributed by atoms with van der Waals surface area (Å²) in [7, 11) is 0. The van der Waals surface area contributed by atoms with E-state index in [4.69, 9.17) is 0 Å². The third-order valence-corrected chi connectivity index (χ3v) is 12.3. The van der Waals surface area contributed by atoms with Crippen LogP contribution in [0.15, 0.2) is 218 Å². The van der Waals surface area contributed by atoms with Gasteiger partial charge in [0.2, 0.25) is 0 Å². The van der Waals surface area contributed by atoms with Gasteiger partial charge in [0, 0.05) is 53.6 Å². The van der Waals surface area contributed by atoms with E-state index in [1.165, 1.54) is 75.4 Å². The van der Waals surface area contributed by atoms with Crippen LogP contribution < -0.4 is 4.90 Å². The Kier molecular flexibility index (Phi) is 8.04. The molecule has 268 valence electrons. The summed E-state index contributed by atoms with van der Waals surface area (Å²) >= 11 is 1.86. The zero-order chi connectivity index (χ0) is 37.7. The molecule has 0 atom stereocenters. The number of benzene rings is 9. The second-order valence-electron chi connectivity index (χ2n) is 14.5. The third kappa shape index (κ3) is 5.80.